The molecule has 0 saturated heterocycles. The lowest BCUT2D eigenvalue weighted by Crippen LogP contribution is -2.34. The Morgan fingerprint density at radius 2 is 2.06 bits per heavy atom. The number of hydrogen-bond donors (Lipinski definition) is 2. The summed E-state index contributed by atoms with van der Waals surface area (Å²) in [6.45, 7) is 3.50. The molecule has 1 aromatic rings. The molecule has 0 aromatic heterocycles. The van der Waals surface area contributed by atoms with Crippen molar-refractivity contribution < 1.29 is 9.90 Å². The molecule has 0 bridgehead atoms. The number of halogens is 2. The molecule has 94 valence electrons. The van der Waals surface area contributed by atoms with Crippen molar-refractivity contribution in [2.45, 2.75) is 32.4 Å². The summed E-state index contributed by atoms with van der Waals surface area (Å²) in [4.78, 5) is 11.9. The van der Waals surface area contributed by atoms with Crippen LogP contribution in [0.15, 0.2) is 18.2 Å². The van der Waals surface area contributed by atoms with Gasteiger partial charge in [-0.3, -0.25) is 4.79 Å². The van der Waals surface area contributed by atoms with Crippen LogP contribution in [0, 0.1) is 0 Å². The van der Waals surface area contributed by atoms with Gasteiger partial charge in [0.2, 0.25) is 0 Å². The van der Waals surface area contributed by atoms with Crippen LogP contribution < -0.4 is 5.32 Å². The van der Waals surface area contributed by atoms with Gasteiger partial charge in [0.15, 0.2) is 0 Å². The van der Waals surface area contributed by atoms with E-state index in [0.29, 0.717) is 17.0 Å². The average Bonchev–Trinajstić information content (AvgIpc) is 2.20. The number of carbonyl (C=O) groups excluding carboxylic acids is 1. The first kappa shape index (κ1) is 14.3. The van der Waals surface area contributed by atoms with E-state index in [-0.39, 0.29) is 17.0 Å². The van der Waals surface area contributed by atoms with Crippen molar-refractivity contribution in [3.8, 4) is 0 Å². The second-order valence-electron chi connectivity index (χ2n) is 4.06. The molecule has 0 radical (unpaired) electrons. The first-order valence-corrected chi connectivity index (χ1v) is 6.10. The predicted molar refractivity (Wildman–Crippen MR) is 69.7 cm³/mol. The molecule has 0 aliphatic carbocycles. The van der Waals surface area contributed by atoms with Crippen molar-refractivity contribution in [3.05, 3.63) is 33.8 Å². The third-order valence-corrected chi connectivity index (χ3v) is 3.09. The molecule has 2 N–H and O–H groups in total. The molecule has 3 nitrogen and oxygen atoms in total. The van der Waals surface area contributed by atoms with E-state index < -0.39 is 6.10 Å². The highest BCUT2D eigenvalue weighted by molar-refractivity contribution is 6.43. The molecule has 0 aliphatic rings. The van der Waals surface area contributed by atoms with Crippen LogP contribution >= 0.6 is 23.2 Å². The van der Waals surface area contributed by atoms with Crippen LogP contribution in [0.4, 0.5) is 0 Å². The molecule has 1 amide bonds. The van der Waals surface area contributed by atoms with Crippen LogP contribution in [0.25, 0.3) is 0 Å². The van der Waals surface area contributed by atoms with E-state index in [0.717, 1.165) is 0 Å². The standard InChI is InChI=1S/C12H15Cl2NO2/c1-7(6-8(2)16)15-12(17)9-4-3-5-10(13)11(9)14/h3-5,7-8,16H,6H2,1-2H3,(H,15,17). The number of aliphatic hydroxyl groups is 1. The highest BCUT2D eigenvalue weighted by Crippen LogP contribution is 2.25. The Bertz CT molecular complexity index is 407. The number of amides is 1. The fourth-order valence-corrected chi connectivity index (χ4v) is 1.94. The zero-order valence-electron chi connectivity index (χ0n) is 9.71. The van der Waals surface area contributed by atoms with Gasteiger partial charge >= 0.3 is 0 Å². The number of nitrogens with one attached hydrogen (secondary N) is 1. The van der Waals surface area contributed by atoms with Crippen LogP contribution in [-0.4, -0.2) is 23.2 Å². The van der Waals surface area contributed by atoms with Gasteiger partial charge in [0.05, 0.1) is 21.7 Å². The number of benzene rings is 1. The summed E-state index contributed by atoms with van der Waals surface area (Å²) >= 11 is 11.8. The smallest absolute Gasteiger partial charge is 0.253 e. The zero-order chi connectivity index (χ0) is 13.0. The highest BCUT2D eigenvalue weighted by Gasteiger charge is 2.15. The quantitative estimate of drug-likeness (QED) is 0.888. The lowest BCUT2D eigenvalue weighted by atomic mass is 10.1. The third kappa shape index (κ3) is 4.19. The highest BCUT2D eigenvalue weighted by atomic mass is 35.5. The Morgan fingerprint density at radius 1 is 1.41 bits per heavy atom. The van der Waals surface area contributed by atoms with Gasteiger partial charge in [-0.05, 0) is 32.4 Å². The van der Waals surface area contributed by atoms with E-state index in [1.54, 1.807) is 25.1 Å². The lowest BCUT2D eigenvalue weighted by molar-refractivity contribution is 0.0923. The molecular formula is C12H15Cl2NO2. The second-order valence-corrected chi connectivity index (χ2v) is 4.85. The summed E-state index contributed by atoms with van der Waals surface area (Å²) < 4.78 is 0. The molecule has 5 heteroatoms. The molecule has 0 heterocycles. The third-order valence-electron chi connectivity index (χ3n) is 2.27. The molecule has 1 rings (SSSR count). The Morgan fingerprint density at radius 3 is 2.65 bits per heavy atom. The van der Waals surface area contributed by atoms with Crippen LogP contribution in [0.5, 0.6) is 0 Å². The lowest BCUT2D eigenvalue weighted by Gasteiger charge is -2.16. The van der Waals surface area contributed by atoms with Crippen LogP contribution in [0.2, 0.25) is 10.0 Å². The van der Waals surface area contributed by atoms with Gasteiger partial charge in [0.1, 0.15) is 0 Å². The first-order chi connectivity index (χ1) is 7.91. The fourth-order valence-electron chi connectivity index (χ4n) is 1.55. The summed E-state index contributed by atoms with van der Waals surface area (Å²) in [6.07, 6.45) is 0.0318. The number of rotatable bonds is 4. The summed E-state index contributed by atoms with van der Waals surface area (Å²) in [5.74, 6) is -0.286. The minimum atomic E-state index is -0.458. The molecule has 17 heavy (non-hydrogen) atoms. The zero-order valence-corrected chi connectivity index (χ0v) is 11.2. The maximum atomic E-state index is 11.9. The molecule has 0 aliphatic heterocycles. The maximum absolute atomic E-state index is 11.9. The van der Waals surface area contributed by atoms with E-state index in [9.17, 15) is 9.90 Å². The predicted octanol–water partition coefficient (Wildman–Crippen LogP) is 2.88. The normalized spacial score (nSPS) is 14.2. The molecule has 0 fully saturated rings. The van der Waals surface area contributed by atoms with Crippen molar-refractivity contribution >= 4 is 29.1 Å². The van der Waals surface area contributed by atoms with Crippen molar-refractivity contribution in [1.29, 1.82) is 0 Å². The van der Waals surface area contributed by atoms with Crippen LogP contribution in [0.3, 0.4) is 0 Å². The number of aliphatic hydroxyl groups excluding tert-OH is 1. The summed E-state index contributed by atoms with van der Waals surface area (Å²) in [5, 5.41) is 12.6. The van der Waals surface area contributed by atoms with E-state index in [1.807, 2.05) is 6.92 Å². The molecular weight excluding hydrogens is 261 g/mol. The van der Waals surface area contributed by atoms with Crippen molar-refractivity contribution in [2.75, 3.05) is 0 Å². The average molecular weight is 276 g/mol. The van der Waals surface area contributed by atoms with E-state index >= 15 is 0 Å². The minimum Gasteiger partial charge on any atom is -0.393 e. The van der Waals surface area contributed by atoms with E-state index in [1.165, 1.54) is 0 Å². The molecule has 0 saturated carbocycles. The van der Waals surface area contributed by atoms with Gasteiger partial charge in [-0.2, -0.15) is 0 Å². The Labute approximate surface area is 111 Å². The van der Waals surface area contributed by atoms with Gasteiger partial charge < -0.3 is 10.4 Å². The summed E-state index contributed by atoms with van der Waals surface area (Å²) in [7, 11) is 0. The van der Waals surface area contributed by atoms with Crippen LogP contribution in [0.1, 0.15) is 30.6 Å². The summed E-state index contributed by atoms with van der Waals surface area (Å²) in [6, 6.07) is 4.78. The maximum Gasteiger partial charge on any atom is 0.253 e. The van der Waals surface area contributed by atoms with Crippen molar-refractivity contribution in [2.24, 2.45) is 0 Å². The van der Waals surface area contributed by atoms with E-state index in [4.69, 9.17) is 23.2 Å². The topological polar surface area (TPSA) is 49.3 Å². The largest absolute Gasteiger partial charge is 0.393 e. The molecule has 1 aromatic carbocycles. The fraction of sp³-hybridized carbons (Fsp3) is 0.417. The Hall–Kier alpha value is -0.770. The SMILES string of the molecule is CC(O)CC(C)NC(=O)c1cccc(Cl)c1Cl. The minimum absolute atomic E-state index is 0.127. The van der Waals surface area contributed by atoms with Gasteiger partial charge in [-0.1, -0.05) is 29.3 Å². The van der Waals surface area contributed by atoms with Gasteiger partial charge in [-0.25, -0.2) is 0 Å². The number of hydrogen-bond acceptors (Lipinski definition) is 2. The van der Waals surface area contributed by atoms with Crippen molar-refractivity contribution in [3.63, 3.8) is 0 Å². The van der Waals surface area contributed by atoms with Gasteiger partial charge in [0.25, 0.3) is 5.91 Å². The van der Waals surface area contributed by atoms with Gasteiger partial charge in [-0.15, -0.1) is 0 Å². The Kier molecular flexibility index (Phi) is 5.25. The second kappa shape index (κ2) is 6.24. The number of carbonyl (C=O) groups is 1. The summed E-state index contributed by atoms with van der Waals surface area (Å²) in [5.41, 5.74) is 0.344. The monoisotopic (exact) mass is 275 g/mol. The molecule has 2 unspecified atom stereocenters. The molecule has 2 atom stereocenters. The van der Waals surface area contributed by atoms with Crippen LogP contribution in [-0.2, 0) is 0 Å². The molecule has 0 spiro atoms. The van der Waals surface area contributed by atoms with Crippen molar-refractivity contribution in [1.82, 2.24) is 5.32 Å². The van der Waals surface area contributed by atoms with Gasteiger partial charge in [0, 0.05) is 6.04 Å². The van der Waals surface area contributed by atoms with E-state index in [2.05, 4.69) is 5.32 Å². The first-order valence-electron chi connectivity index (χ1n) is 5.34. The Balaban J connectivity index is 2.73.